The summed E-state index contributed by atoms with van der Waals surface area (Å²) in [4.78, 5) is 0. The van der Waals surface area contributed by atoms with E-state index in [1.807, 2.05) is 0 Å². The molecule has 0 aromatic heterocycles. The van der Waals surface area contributed by atoms with Crippen LogP contribution < -0.4 is 5.84 Å². The van der Waals surface area contributed by atoms with Crippen LogP contribution in [0.5, 0.6) is 0 Å². The molecular formula is C12H26N2O. The van der Waals surface area contributed by atoms with E-state index in [9.17, 15) is 0 Å². The quantitative estimate of drug-likeness (QED) is 0.545. The average molecular weight is 214 g/mol. The summed E-state index contributed by atoms with van der Waals surface area (Å²) in [6.45, 7) is 10.3. The SMILES string of the molecule is CCC/C(=C\N(N)CCOC)C(C)(C)C. The summed E-state index contributed by atoms with van der Waals surface area (Å²) >= 11 is 0. The number of hydrogen-bond acceptors (Lipinski definition) is 3. The van der Waals surface area contributed by atoms with Gasteiger partial charge in [0.1, 0.15) is 0 Å². The minimum Gasteiger partial charge on any atom is -0.383 e. The molecule has 0 saturated heterocycles. The Morgan fingerprint density at radius 3 is 2.40 bits per heavy atom. The average Bonchev–Trinajstić information content (AvgIpc) is 2.12. The minimum absolute atomic E-state index is 0.195. The number of hydrogen-bond donors (Lipinski definition) is 1. The van der Waals surface area contributed by atoms with Crippen LogP contribution in [-0.4, -0.2) is 25.3 Å². The third-order valence-electron chi connectivity index (χ3n) is 2.36. The highest BCUT2D eigenvalue weighted by molar-refractivity contribution is 5.09. The standard InChI is InChI=1S/C12H26N2O/c1-6-7-11(12(2,3)4)10-14(13)8-9-15-5/h10H,6-9,13H2,1-5H3/b11-10+. The largest absolute Gasteiger partial charge is 0.383 e. The molecule has 0 bridgehead atoms. The molecule has 0 aromatic rings. The Morgan fingerprint density at radius 2 is 2.00 bits per heavy atom. The zero-order valence-electron chi connectivity index (χ0n) is 10.8. The summed E-state index contributed by atoms with van der Waals surface area (Å²) < 4.78 is 4.99. The monoisotopic (exact) mass is 214 g/mol. The van der Waals surface area contributed by atoms with Gasteiger partial charge in [0.2, 0.25) is 0 Å². The third-order valence-corrected chi connectivity index (χ3v) is 2.36. The highest BCUT2D eigenvalue weighted by Crippen LogP contribution is 2.28. The van der Waals surface area contributed by atoms with Gasteiger partial charge in [-0.15, -0.1) is 0 Å². The first-order valence-corrected chi connectivity index (χ1v) is 5.63. The molecule has 0 heterocycles. The molecule has 0 amide bonds. The smallest absolute Gasteiger partial charge is 0.0653 e. The van der Waals surface area contributed by atoms with E-state index >= 15 is 0 Å². The molecule has 90 valence electrons. The van der Waals surface area contributed by atoms with Crippen molar-refractivity contribution in [2.75, 3.05) is 20.3 Å². The summed E-state index contributed by atoms with van der Waals surface area (Å²) in [6.07, 6.45) is 4.31. The van der Waals surface area contributed by atoms with E-state index in [-0.39, 0.29) is 5.41 Å². The van der Waals surface area contributed by atoms with Crippen molar-refractivity contribution in [2.45, 2.75) is 40.5 Å². The minimum atomic E-state index is 0.195. The van der Waals surface area contributed by atoms with E-state index < -0.39 is 0 Å². The van der Waals surface area contributed by atoms with Crippen LogP contribution in [0.1, 0.15) is 40.5 Å². The molecule has 0 fully saturated rings. The van der Waals surface area contributed by atoms with Crippen LogP contribution in [0.25, 0.3) is 0 Å². The lowest BCUT2D eigenvalue weighted by Gasteiger charge is -2.25. The summed E-state index contributed by atoms with van der Waals surface area (Å²) in [5, 5.41) is 1.72. The lowest BCUT2D eigenvalue weighted by atomic mass is 9.84. The molecule has 15 heavy (non-hydrogen) atoms. The van der Waals surface area contributed by atoms with E-state index in [4.69, 9.17) is 10.6 Å². The third kappa shape index (κ3) is 6.52. The van der Waals surface area contributed by atoms with Crippen molar-refractivity contribution in [2.24, 2.45) is 11.3 Å². The Kier molecular flexibility index (Phi) is 6.61. The molecule has 0 aromatic carbocycles. The molecule has 0 rings (SSSR count). The van der Waals surface area contributed by atoms with Gasteiger partial charge in [-0.1, -0.05) is 34.1 Å². The van der Waals surface area contributed by atoms with Crippen molar-refractivity contribution in [3.05, 3.63) is 11.8 Å². The molecule has 0 aliphatic rings. The molecule has 2 N–H and O–H groups in total. The molecule has 0 aliphatic heterocycles. The van der Waals surface area contributed by atoms with Gasteiger partial charge in [0.05, 0.1) is 13.2 Å². The number of nitrogens with zero attached hydrogens (tertiary/aromatic N) is 1. The second-order valence-corrected chi connectivity index (χ2v) is 4.88. The van der Waals surface area contributed by atoms with Crippen LogP contribution in [-0.2, 0) is 4.74 Å². The molecular weight excluding hydrogens is 188 g/mol. The van der Waals surface area contributed by atoms with E-state index in [1.54, 1.807) is 12.1 Å². The maximum atomic E-state index is 5.86. The van der Waals surface area contributed by atoms with E-state index in [0.29, 0.717) is 6.61 Å². The summed E-state index contributed by atoms with van der Waals surface area (Å²) in [6, 6.07) is 0. The van der Waals surface area contributed by atoms with Crippen molar-refractivity contribution >= 4 is 0 Å². The van der Waals surface area contributed by atoms with Crippen LogP contribution in [0, 0.1) is 5.41 Å². The first kappa shape index (κ1) is 14.5. The van der Waals surface area contributed by atoms with Crippen LogP contribution in [0.2, 0.25) is 0 Å². The van der Waals surface area contributed by atoms with Gasteiger partial charge in [-0.3, -0.25) is 0 Å². The van der Waals surface area contributed by atoms with Gasteiger partial charge in [0.15, 0.2) is 0 Å². The van der Waals surface area contributed by atoms with Gasteiger partial charge in [0, 0.05) is 13.3 Å². The van der Waals surface area contributed by atoms with Crippen LogP contribution in [0.3, 0.4) is 0 Å². The van der Waals surface area contributed by atoms with E-state index in [2.05, 4.69) is 33.9 Å². The summed E-state index contributed by atoms with van der Waals surface area (Å²) in [5.41, 5.74) is 1.59. The molecule has 3 nitrogen and oxygen atoms in total. The molecule has 0 saturated carbocycles. The van der Waals surface area contributed by atoms with Crippen molar-refractivity contribution < 1.29 is 4.74 Å². The van der Waals surface area contributed by atoms with Gasteiger partial charge in [-0.25, -0.2) is 5.84 Å². The molecule has 0 spiro atoms. The second-order valence-electron chi connectivity index (χ2n) is 4.88. The molecule has 0 aliphatic carbocycles. The number of ether oxygens (including phenoxy) is 1. The normalized spacial score (nSPS) is 13.1. The number of rotatable bonds is 6. The molecule has 0 unspecified atom stereocenters. The zero-order valence-corrected chi connectivity index (χ0v) is 10.8. The predicted molar refractivity (Wildman–Crippen MR) is 65.2 cm³/mol. The van der Waals surface area contributed by atoms with Crippen LogP contribution in [0.15, 0.2) is 11.8 Å². The Hall–Kier alpha value is -0.540. The topological polar surface area (TPSA) is 38.5 Å². The molecule has 0 atom stereocenters. The van der Waals surface area contributed by atoms with Gasteiger partial charge in [-0.05, 0) is 17.4 Å². The first-order valence-electron chi connectivity index (χ1n) is 5.63. The van der Waals surface area contributed by atoms with E-state index in [0.717, 1.165) is 19.4 Å². The van der Waals surface area contributed by atoms with Crippen molar-refractivity contribution in [3.63, 3.8) is 0 Å². The van der Waals surface area contributed by atoms with Gasteiger partial charge >= 0.3 is 0 Å². The van der Waals surface area contributed by atoms with Crippen molar-refractivity contribution in [3.8, 4) is 0 Å². The number of hydrazine groups is 1. The summed E-state index contributed by atoms with van der Waals surface area (Å²) in [5.74, 6) is 5.86. The van der Waals surface area contributed by atoms with Crippen LogP contribution >= 0.6 is 0 Å². The zero-order chi connectivity index (χ0) is 11.9. The Balaban J connectivity index is 4.39. The maximum absolute atomic E-state index is 5.86. The fourth-order valence-corrected chi connectivity index (χ4v) is 1.36. The fraction of sp³-hybridized carbons (Fsp3) is 0.833. The predicted octanol–water partition coefficient (Wildman–Crippen LogP) is 2.54. The van der Waals surface area contributed by atoms with Crippen LogP contribution in [0.4, 0.5) is 0 Å². The van der Waals surface area contributed by atoms with Gasteiger partial charge in [-0.2, -0.15) is 0 Å². The van der Waals surface area contributed by atoms with Crippen molar-refractivity contribution in [1.29, 1.82) is 0 Å². The number of nitrogens with two attached hydrogens (primary N) is 1. The number of methoxy groups -OCH3 is 1. The molecule has 0 radical (unpaired) electrons. The fourth-order valence-electron chi connectivity index (χ4n) is 1.36. The number of allylic oxidation sites excluding steroid dienone is 1. The first-order chi connectivity index (χ1) is 6.91. The lowest BCUT2D eigenvalue weighted by Crippen LogP contribution is -2.30. The Labute approximate surface area is 94.2 Å². The van der Waals surface area contributed by atoms with E-state index in [1.165, 1.54) is 5.57 Å². The molecule has 3 heteroatoms. The Morgan fingerprint density at radius 1 is 1.40 bits per heavy atom. The maximum Gasteiger partial charge on any atom is 0.0653 e. The van der Waals surface area contributed by atoms with Gasteiger partial charge < -0.3 is 9.75 Å². The summed E-state index contributed by atoms with van der Waals surface area (Å²) in [7, 11) is 1.69. The van der Waals surface area contributed by atoms with Crippen molar-refractivity contribution in [1.82, 2.24) is 5.01 Å². The second kappa shape index (κ2) is 6.85. The highest BCUT2D eigenvalue weighted by Gasteiger charge is 2.16. The highest BCUT2D eigenvalue weighted by atomic mass is 16.5. The van der Waals surface area contributed by atoms with Gasteiger partial charge in [0.25, 0.3) is 0 Å². The lowest BCUT2D eigenvalue weighted by molar-refractivity contribution is 0.169. The Bertz CT molecular complexity index is 194.